The Bertz CT molecular complexity index is 607. The molecule has 0 aliphatic rings. The lowest BCUT2D eigenvalue weighted by Crippen LogP contribution is -2.11. The average Bonchev–Trinajstić information content (AvgIpc) is 2.41. The molecule has 2 aromatic carbocycles. The van der Waals surface area contributed by atoms with Crippen molar-refractivity contribution >= 4 is 39.1 Å². The molecule has 19 heavy (non-hydrogen) atoms. The molecule has 0 unspecified atom stereocenters. The van der Waals surface area contributed by atoms with Gasteiger partial charge in [0, 0.05) is 11.1 Å². The Labute approximate surface area is 124 Å². The predicted octanol–water partition coefficient (Wildman–Crippen LogP) is 4.56. The van der Waals surface area contributed by atoms with Gasteiger partial charge in [-0.2, -0.15) is 0 Å². The van der Waals surface area contributed by atoms with E-state index < -0.39 is 4.92 Å². The Morgan fingerprint density at radius 1 is 1.16 bits per heavy atom. The van der Waals surface area contributed by atoms with Crippen LogP contribution in [-0.4, -0.2) is 4.92 Å². The van der Waals surface area contributed by atoms with Gasteiger partial charge in [0.15, 0.2) is 0 Å². The normalized spacial score (nSPS) is 10.2. The lowest BCUT2D eigenvalue weighted by Gasteiger charge is -2.17. The maximum Gasteiger partial charge on any atom is 0.293 e. The highest BCUT2D eigenvalue weighted by atomic mass is 79.9. The SMILES string of the molecule is O=[N+]([O-])c1ccccc1N(Br)Cc1ccccc1Cl. The minimum Gasteiger partial charge on any atom is -0.298 e. The molecule has 0 bridgehead atoms. The highest BCUT2D eigenvalue weighted by molar-refractivity contribution is 9.10. The van der Waals surface area contributed by atoms with Crippen LogP contribution in [0.1, 0.15) is 5.56 Å². The first-order valence-corrected chi connectivity index (χ1v) is 6.58. The van der Waals surface area contributed by atoms with Crippen LogP contribution in [0.2, 0.25) is 5.02 Å². The van der Waals surface area contributed by atoms with Crippen molar-refractivity contribution in [3.05, 3.63) is 69.2 Å². The number of rotatable bonds is 4. The number of hydrogen-bond acceptors (Lipinski definition) is 3. The standard InChI is InChI=1S/C13H10BrClN2O2/c14-16(9-10-5-1-2-6-11(10)15)12-7-3-4-8-13(12)17(18)19/h1-8H,9H2. The fourth-order valence-electron chi connectivity index (χ4n) is 1.69. The molecular formula is C13H10BrClN2O2. The van der Waals surface area contributed by atoms with Crippen molar-refractivity contribution in [2.75, 3.05) is 3.93 Å². The van der Waals surface area contributed by atoms with Crippen LogP contribution in [0.25, 0.3) is 0 Å². The lowest BCUT2D eigenvalue weighted by molar-refractivity contribution is -0.384. The fourth-order valence-corrected chi connectivity index (χ4v) is 2.45. The highest BCUT2D eigenvalue weighted by Gasteiger charge is 2.17. The molecule has 0 aliphatic carbocycles. The molecule has 2 aromatic rings. The van der Waals surface area contributed by atoms with Crippen LogP contribution in [0.3, 0.4) is 0 Å². The minimum absolute atomic E-state index is 0.0476. The van der Waals surface area contributed by atoms with Gasteiger partial charge in [-0.3, -0.25) is 14.0 Å². The van der Waals surface area contributed by atoms with Gasteiger partial charge < -0.3 is 0 Å². The van der Waals surface area contributed by atoms with E-state index in [-0.39, 0.29) is 5.69 Å². The number of hydrogen-bond donors (Lipinski definition) is 0. The number of anilines is 1. The van der Waals surface area contributed by atoms with Crippen molar-refractivity contribution in [1.82, 2.24) is 0 Å². The van der Waals surface area contributed by atoms with E-state index in [1.807, 2.05) is 18.2 Å². The summed E-state index contributed by atoms with van der Waals surface area (Å²) in [5.41, 5.74) is 1.43. The van der Waals surface area contributed by atoms with Gasteiger partial charge in [-0.1, -0.05) is 41.9 Å². The van der Waals surface area contributed by atoms with E-state index in [9.17, 15) is 10.1 Å². The average molecular weight is 342 g/mol. The zero-order valence-electron chi connectivity index (χ0n) is 9.79. The second kappa shape index (κ2) is 6.04. The molecule has 2 rings (SSSR count). The van der Waals surface area contributed by atoms with Crippen molar-refractivity contribution < 1.29 is 4.92 Å². The molecule has 0 aliphatic heterocycles. The van der Waals surface area contributed by atoms with Gasteiger partial charge >= 0.3 is 0 Å². The van der Waals surface area contributed by atoms with E-state index in [2.05, 4.69) is 16.1 Å². The zero-order valence-corrected chi connectivity index (χ0v) is 12.1. The van der Waals surface area contributed by atoms with E-state index in [1.54, 1.807) is 28.2 Å². The Kier molecular flexibility index (Phi) is 4.39. The Morgan fingerprint density at radius 2 is 1.79 bits per heavy atom. The summed E-state index contributed by atoms with van der Waals surface area (Å²) in [6.45, 7) is 0.435. The fraction of sp³-hybridized carbons (Fsp3) is 0.0769. The van der Waals surface area contributed by atoms with Gasteiger partial charge in [0.1, 0.15) is 5.69 Å². The summed E-state index contributed by atoms with van der Waals surface area (Å²) < 4.78 is 1.63. The predicted molar refractivity (Wildman–Crippen MR) is 79.7 cm³/mol. The first-order valence-electron chi connectivity index (χ1n) is 5.49. The smallest absolute Gasteiger partial charge is 0.293 e. The summed E-state index contributed by atoms with van der Waals surface area (Å²) >= 11 is 9.42. The highest BCUT2D eigenvalue weighted by Crippen LogP contribution is 2.32. The molecule has 0 saturated heterocycles. The van der Waals surface area contributed by atoms with E-state index in [1.165, 1.54) is 6.07 Å². The van der Waals surface area contributed by atoms with Crippen LogP contribution in [-0.2, 0) is 6.54 Å². The van der Waals surface area contributed by atoms with Crippen LogP contribution < -0.4 is 3.93 Å². The van der Waals surface area contributed by atoms with E-state index >= 15 is 0 Å². The summed E-state index contributed by atoms with van der Waals surface area (Å²) in [6, 6.07) is 13.9. The van der Waals surface area contributed by atoms with Gasteiger partial charge in [-0.05, 0) is 17.7 Å². The maximum atomic E-state index is 11.0. The van der Waals surface area contributed by atoms with E-state index in [4.69, 9.17) is 11.6 Å². The molecule has 98 valence electrons. The molecule has 0 saturated carbocycles. The molecular weight excluding hydrogens is 332 g/mol. The molecule has 0 amide bonds. The molecule has 0 radical (unpaired) electrons. The third-order valence-corrected chi connectivity index (χ3v) is 3.61. The monoisotopic (exact) mass is 340 g/mol. The molecule has 6 heteroatoms. The van der Waals surface area contributed by atoms with Crippen molar-refractivity contribution in [2.45, 2.75) is 6.54 Å². The molecule has 0 heterocycles. The Hall–Kier alpha value is -1.59. The third kappa shape index (κ3) is 3.24. The van der Waals surface area contributed by atoms with Crippen LogP contribution in [0.15, 0.2) is 48.5 Å². The number of para-hydroxylation sites is 2. The molecule has 0 atom stereocenters. The van der Waals surface area contributed by atoms with Gasteiger partial charge in [0.2, 0.25) is 0 Å². The van der Waals surface area contributed by atoms with Crippen molar-refractivity contribution in [2.24, 2.45) is 0 Å². The van der Waals surface area contributed by atoms with Crippen LogP contribution >= 0.6 is 27.7 Å². The second-order valence-corrected chi connectivity index (χ2v) is 5.12. The lowest BCUT2D eigenvalue weighted by atomic mass is 10.2. The minimum atomic E-state index is -0.407. The molecule has 0 aromatic heterocycles. The topological polar surface area (TPSA) is 46.4 Å². The number of nitrogens with zero attached hydrogens (tertiary/aromatic N) is 2. The van der Waals surface area contributed by atoms with E-state index in [0.29, 0.717) is 17.3 Å². The zero-order chi connectivity index (χ0) is 13.8. The van der Waals surface area contributed by atoms with Gasteiger partial charge in [-0.25, -0.2) is 0 Å². The van der Waals surface area contributed by atoms with Gasteiger partial charge in [-0.15, -0.1) is 0 Å². The summed E-state index contributed by atoms with van der Waals surface area (Å²) in [5.74, 6) is 0. The number of halogens is 2. The molecule has 0 fully saturated rings. The van der Waals surface area contributed by atoms with Crippen molar-refractivity contribution in [1.29, 1.82) is 0 Å². The second-order valence-electron chi connectivity index (χ2n) is 3.86. The van der Waals surface area contributed by atoms with Crippen molar-refractivity contribution in [3.8, 4) is 0 Å². The largest absolute Gasteiger partial charge is 0.298 e. The third-order valence-electron chi connectivity index (χ3n) is 2.61. The van der Waals surface area contributed by atoms with Crippen LogP contribution in [0.5, 0.6) is 0 Å². The molecule has 0 spiro atoms. The Balaban J connectivity index is 2.28. The van der Waals surface area contributed by atoms with Gasteiger partial charge in [0.05, 0.1) is 27.6 Å². The summed E-state index contributed by atoms with van der Waals surface area (Å²) in [7, 11) is 0. The molecule has 4 nitrogen and oxygen atoms in total. The summed E-state index contributed by atoms with van der Waals surface area (Å²) in [6.07, 6.45) is 0. The maximum absolute atomic E-state index is 11.0. The quantitative estimate of drug-likeness (QED) is 0.465. The Morgan fingerprint density at radius 3 is 2.47 bits per heavy atom. The summed E-state index contributed by atoms with van der Waals surface area (Å²) in [4.78, 5) is 10.6. The summed E-state index contributed by atoms with van der Waals surface area (Å²) in [5, 5.41) is 11.6. The number of benzene rings is 2. The first kappa shape index (κ1) is 13.8. The first-order chi connectivity index (χ1) is 9.09. The van der Waals surface area contributed by atoms with Crippen LogP contribution in [0.4, 0.5) is 11.4 Å². The molecule has 0 N–H and O–H groups in total. The van der Waals surface area contributed by atoms with Gasteiger partial charge in [0.25, 0.3) is 5.69 Å². The van der Waals surface area contributed by atoms with Crippen LogP contribution in [0, 0.1) is 10.1 Å². The van der Waals surface area contributed by atoms with Crippen molar-refractivity contribution in [3.63, 3.8) is 0 Å². The number of nitro groups is 1. The van der Waals surface area contributed by atoms with E-state index in [0.717, 1.165) is 5.56 Å². The number of nitro benzene ring substituents is 1.